The van der Waals surface area contributed by atoms with Gasteiger partial charge in [-0.2, -0.15) is 0 Å². The zero-order valence-electron chi connectivity index (χ0n) is 17.6. The number of Topliss-reactive ketones (excluding diaryl/α,β-unsaturated/α-hetero) is 1. The second-order valence-electron chi connectivity index (χ2n) is 10.4. The van der Waals surface area contributed by atoms with Crippen molar-refractivity contribution in [1.29, 1.82) is 0 Å². The first-order chi connectivity index (χ1) is 12.8. The second-order valence-corrected chi connectivity index (χ2v) is 11.0. The van der Waals surface area contributed by atoms with Crippen molar-refractivity contribution < 1.29 is 14.6 Å². The Bertz CT molecular complexity index is 534. The highest BCUT2D eigenvalue weighted by molar-refractivity contribution is 9.09. The van der Waals surface area contributed by atoms with Gasteiger partial charge in [-0.15, -0.1) is 0 Å². The lowest BCUT2D eigenvalue weighted by molar-refractivity contribution is -0.133. The fraction of sp³-hybridized carbons (Fsp3) is 0.957. The van der Waals surface area contributed by atoms with Gasteiger partial charge in [0.05, 0.1) is 17.5 Å². The largest absolute Gasteiger partial charge is 0.390 e. The summed E-state index contributed by atoms with van der Waals surface area (Å²) in [5.41, 5.74) is -0.0973. The Morgan fingerprint density at radius 2 is 1.93 bits per heavy atom. The minimum atomic E-state index is -0.505. The van der Waals surface area contributed by atoms with Crippen molar-refractivity contribution >= 4 is 21.7 Å². The lowest BCUT2D eigenvalue weighted by Gasteiger charge is -2.56. The monoisotopic (exact) mass is 442 g/mol. The molecule has 3 aliphatic rings. The van der Waals surface area contributed by atoms with E-state index in [0.29, 0.717) is 22.9 Å². The summed E-state index contributed by atoms with van der Waals surface area (Å²) in [6.07, 6.45) is 12.5. The lowest BCUT2D eigenvalue weighted by atomic mass is 9.51. The highest BCUT2D eigenvalue weighted by Crippen LogP contribution is 2.58. The number of fused-ring (bicyclic) bond motifs is 1. The minimum Gasteiger partial charge on any atom is -0.390 e. The van der Waals surface area contributed by atoms with Crippen molar-refractivity contribution in [3.8, 4) is 0 Å². The van der Waals surface area contributed by atoms with Crippen LogP contribution in [0.2, 0.25) is 0 Å². The third-order valence-corrected chi connectivity index (χ3v) is 9.18. The van der Waals surface area contributed by atoms with Gasteiger partial charge in [-0.1, -0.05) is 35.7 Å². The predicted molar refractivity (Wildman–Crippen MR) is 113 cm³/mol. The molecule has 3 saturated carbocycles. The number of rotatable bonds is 7. The van der Waals surface area contributed by atoms with Gasteiger partial charge in [0.15, 0.2) is 0 Å². The van der Waals surface area contributed by atoms with Crippen molar-refractivity contribution in [1.82, 2.24) is 0 Å². The van der Waals surface area contributed by atoms with Crippen LogP contribution in [0.15, 0.2) is 0 Å². The molecule has 27 heavy (non-hydrogen) atoms. The Morgan fingerprint density at radius 3 is 2.63 bits per heavy atom. The summed E-state index contributed by atoms with van der Waals surface area (Å²) in [5.74, 6) is 1.89. The van der Waals surface area contributed by atoms with Gasteiger partial charge in [0.25, 0.3) is 0 Å². The van der Waals surface area contributed by atoms with Crippen molar-refractivity contribution in [2.75, 3.05) is 19.0 Å². The van der Waals surface area contributed by atoms with Gasteiger partial charge in [-0.3, -0.25) is 4.79 Å². The fourth-order valence-electron chi connectivity index (χ4n) is 7.05. The summed E-state index contributed by atoms with van der Waals surface area (Å²) in [4.78, 5) is 12.5. The third kappa shape index (κ3) is 4.33. The highest BCUT2D eigenvalue weighted by atomic mass is 79.9. The van der Waals surface area contributed by atoms with Gasteiger partial charge in [0.2, 0.25) is 0 Å². The number of halogens is 1. The maximum absolute atomic E-state index is 12.5. The van der Waals surface area contributed by atoms with Crippen LogP contribution >= 0.6 is 15.9 Å². The molecule has 0 radical (unpaired) electrons. The molecule has 1 N–H and O–H groups in total. The van der Waals surface area contributed by atoms with Gasteiger partial charge < -0.3 is 9.84 Å². The molecule has 0 aliphatic heterocycles. The molecule has 6 atom stereocenters. The molecule has 0 aromatic carbocycles. The van der Waals surface area contributed by atoms with Gasteiger partial charge in [0, 0.05) is 13.0 Å². The molecule has 0 aromatic rings. The van der Waals surface area contributed by atoms with Crippen molar-refractivity contribution in [2.45, 2.75) is 90.1 Å². The summed E-state index contributed by atoms with van der Waals surface area (Å²) in [5, 5.41) is 11.2. The molecular formula is C23H39BrO3. The van der Waals surface area contributed by atoms with Gasteiger partial charge in [-0.05, 0) is 87.4 Å². The Kier molecular flexibility index (Phi) is 6.80. The van der Waals surface area contributed by atoms with Gasteiger partial charge in [-0.25, -0.2) is 0 Å². The molecule has 3 rings (SSSR count). The number of aliphatic hydroxyl groups is 1. The summed E-state index contributed by atoms with van der Waals surface area (Å²) in [6, 6.07) is 0. The standard InChI is InChI=1S/C23H39BrO3/c1-21(10-5-8-19(21)20(25)15-24)11-9-17-6-4-7-18-14-22(2,26)12-13-23(17,18)16-27-3/h17-19,26H,4-16H2,1-3H3. The molecule has 0 saturated heterocycles. The van der Waals surface area contributed by atoms with Crippen LogP contribution in [0.1, 0.15) is 84.5 Å². The smallest absolute Gasteiger partial charge is 0.147 e. The molecule has 3 fully saturated rings. The van der Waals surface area contributed by atoms with Crippen molar-refractivity contribution in [2.24, 2.45) is 28.6 Å². The molecular weight excluding hydrogens is 404 g/mol. The zero-order valence-corrected chi connectivity index (χ0v) is 19.2. The van der Waals surface area contributed by atoms with Crippen LogP contribution in [-0.2, 0) is 9.53 Å². The Hall–Kier alpha value is 0.0700. The van der Waals surface area contributed by atoms with Crippen LogP contribution in [0.3, 0.4) is 0 Å². The summed E-state index contributed by atoms with van der Waals surface area (Å²) < 4.78 is 5.77. The van der Waals surface area contributed by atoms with Crippen LogP contribution in [0.4, 0.5) is 0 Å². The molecule has 6 unspecified atom stereocenters. The molecule has 0 spiro atoms. The van der Waals surface area contributed by atoms with Crippen molar-refractivity contribution in [3.05, 3.63) is 0 Å². The topological polar surface area (TPSA) is 46.5 Å². The first kappa shape index (κ1) is 21.8. The lowest BCUT2D eigenvalue weighted by Crippen LogP contribution is -2.52. The van der Waals surface area contributed by atoms with Crippen LogP contribution < -0.4 is 0 Å². The van der Waals surface area contributed by atoms with E-state index in [2.05, 4.69) is 22.9 Å². The Labute approximate surface area is 174 Å². The number of carbonyl (C=O) groups excluding carboxylic acids is 1. The number of hydrogen-bond donors (Lipinski definition) is 1. The average Bonchev–Trinajstić information content (AvgIpc) is 3.01. The van der Waals surface area contributed by atoms with Gasteiger partial charge >= 0.3 is 0 Å². The Balaban J connectivity index is 1.74. The fourth-order valence-corrected chi connectivity index (χ4v) is 7.45. The van der Waals surface area contributed by atoms with E-state index in [4.69, 9.17) is 4.74 Å². The first-order valence-corrected chi connectivity index (χ1v) is 12.2. The molecule has 0 bridgehead atoms. The Morgan fingerprint density at radius 1 is 1.15 bits per heavy atom. The van der Waals surface area contributed by atoms with E-state index in [1.807, 2.05) is 14.0 Å². The molecule has 0 heterocycles. The maximum Gasteiger partial charge on any atom is 0.147 e. The minimum absolute atomic E-state index is 0.173. The number of alkyl halides is 1. The van der Waals surface area contributed by atoms with E-state index < -0.39 is 5.60 Å². The van der Waals surface area contributed by atoms with Gasteiger partial charge in [0.1, 0.15) is 5.78 Å². The number of methoxy groups -OCH3 is 1. The third-order valence-electron chi connectivity index (χ3n) is 8.63. The molecule has 3 aliphatic carbocycles. The van der Waals surface area contributed by atoms with E-state index in [1.54, 1.807) is 0 Å². The van der Waals surface area contributed by atoms with Crippen LogP contribution in [0.25, 0.3) is 0 Å². The number of carbonyl (C=O) groups is 1. The highest BCUT2D eigenvalue weighted by Gasteiger charge is 2.53. The number of ether oxygens (including phenoxy) is 1. The molecule has 4 heteroatoms. The summed E-state index contributed by atoms with van der Waals surface area (Å²) in [6.45, 7) is 5.21. The van der Waals surface area contributed by atoms with Crippen LogP contribution in [-0.4, -0.2) is 35.5 Å². The molecule has 0 amide bonds. The van der Waals surface area contributed by atoms with Crippen molar-refractivity contribution in [3.63, 3.8) is 0 Å². The summed E-state index contributed by atoms with van der Waals surface area (Å²) >= 11 is 3.40. The van der Waals surface area contributed by atoms with E-state index in [9.17, 15) is 9.90 Å². The summed E-state index contributed by atoms with van der Waals surface area (Å²) in [7, 11) is 1.84. The van der Waals surface area contributed by atoms with E-state index in [0.717, 1.165) is 38.7 Å². The zero-order chi connectivity index (χ0) is 19.7. The normalized spacial score (nSPS) is 44.9. The first-order valence-electron chi connectivity index (χ1n) is 11.1. The van der Waals surface area contributed by atoms with Crippen LogP contribution in [0, 0.1) is 28.6 Å². The number of hydrogen-bond acceptors (Lipinski definition) is 3. The molecule has 3 nitrogen and oxygen atoms in total. The van der Waals surface area contributed by atoms with E-state index >= 15 is 0 Å². The number of ketones is 1. The molecule has 156 valence electrons. The average molecular weight is 443 g/mol. The molecule has 0 aromatic heterocycles. The second kappa shape index (κ2) is 8.44. The van der Waals surface area contributed by atoms with Crippen LogP contribution in [0.5, 0.6) is 0 Å². The SMILES string of the molecule is COCC12CCC(C)(O)CC1CCCC2CCC1(C)CCCC1C(=O)CBr. The quantitative estimate of drug-likeness (QED) is 0.527. The van der Waals surface area contributed by atoms with E-state index in [-0.39, 0.29) is 16.7 Å². The predicted octanol–water partition coefficient (Wildman–Crippen LogP) is 5.52. The van der Waals surface area contributed by atoms with E-state index in [1.165, 1.54) is 38.5 Å². The maximum atomic E-state index is 12.5.